The van der Waals surface area contributed by atoms with Crippen molar-refractivity contribution in [3.05, 3.63) is 50.6 Å². The van der Waals surface area contributed by atoms with E-state index in [1.54, 1.807) is 23.6 Å². The summed E-state index contributed by atoms with van der Waals surface area (Å²) >= 11 is 4.85. The van der Waals surface area contributed by atoms with Crippen molar-refractivity contribution >= 4 is 27.3 Å². The van der Waals surface area contributed by atoms with Gasteiger partial charge in [0.1, 0.15) is 5.82 Å². The number of halogens is 2. The first-order chi connectivity index (χ1) is 9.22. The Kier molecular flexibility index (Phi) is 5.48. The molecular weight excluding hydrogens is 327 g/mol. The Labute approximate surface area is 125 Å². The van der Waals surface area contributed by atoms with Gasteiger partial charge in [0.25, 0.3) is 0 Å². The highest BCUT2D eigenvalue weighted by Crippen LogP contribution is 2.26. The lowest BCUT2D eigenvalue weighted by molar-refractivity contribution is 0.494. The fraction of sp³-hybridized carbons (Fsp3) is 0.357. The molecule has 2 rings (SSSR count). The van der Waals surface area contributed by atoms with Gasteiger partial charge in [0.05, 0.1) is 9.48 Å². The van der Waals surface area contributed by atoms with E-state index in [0.29, 0.717) is 16.5 Å². The third kappa shape index (κ3) is 3.84. The molecular formula is C14H16BrFN2S. The minimum atomic E-state index is -0.187. The van der Waals surface area contributed by atoms with Crippen molar-refractivity contribution in [2.24, 2.45) is 0 Å². The average molecular weight is 343 g/mol. The Bertz CT molecular complexity index is 516. The first kappa shape index (κ1) is 14.6. The number of nitrogens with one attached hydrogen (secondary N) is 1. The number of nitrogens with zero attached hydrogens (tertiary/aromatic N) is 1. The van der Waals surface area contributed by atoms with Gasteiger partial charge in [0, 0.05) is 29.6 Å². The average Bonchev–Trinajstić information content (AvgIpc) is 2.91. The monoisotopic (exact) mass is 342 g/mol. The zero-order chi connectivity index (χ0) is 13.7. The van der Waals surface area contributed by atoms with Crippen LogP contribution in [0.15, 0.2) is 34.2 Å². The van der Waals surface area contributed by atoms with Crippen LogP contribution in [0.2, 0.25) is 0 Å². The first-order valence-electron chi connectivity index (χ1n) is 6.28. The molecule has 102 valence electrons. The number of aromatic nitrogens is 1. The number of thiazole rings is 1. The van der Waals surface area contributed by atoms with Crippen molar-refractivity contribution in [3.63, 3.8) is 0 Å². The predicted molar refractivity (Wildman–Crippen MR) is 81.0 cm³/mol. The van der Waals surface area contributed by atoms with Crippen LogP contribution in [0.5, 0.6) is 0 Å². The van der Waals surface area contributed by atoms with Crippen LogP contribution in [0.4, 0.5) is 4.39 Å². The molecule has 0 amide bonds. The van der Waals surface area contributed by atoms with E-state index in [0.717, 1.165) is 18.0 Å². The second kappa shape index (κ2) is 7.12. The summed E-state index contributed by atoms with van der Waals surface area (Å²) in [6, 6.07) is 5.38. The lowest BCUT2D eigenvalue weighted by Gasteiger charge is -2.19. The van der Waals surface area contributed by atoms with E-state index >= 15 is 0 Å². The van der Waals surface area contributed by atoms with Gasteiger partial charge in [0.2, 0.25) is 0 Å². The van der Waals surface area contributed by atoms with E-state index in [-0.39, 0.29) is 11.9 Å². The fourth-order valence-electron chi connectivity index (χ4n) is 1.93. The Morgan fingerprint density at radius 2 is 2.32 bits per heavy atom. The summed E-state index contributed by atoms with van der Waals surface area (Å²) in [5.74, 6) is -0.187. The topological polar surface area (TPSA) is 24.9 Å². The SMILES string of the molecule is CCCNC(Cc1nccs1)c1cccc(Br)c1F. The molecule has 2 aromatic rings. The van der Waals surface area contributed by atoms with Gasteiger partial charge in [-0.25, -0.2) is 9.37 Å². The van der Waals surface area contributed by atoms with Crippen molar-refractivity contribution < 1.29 is 4.39 Å². The Morgan fingerprint density at radius 1 is 1.47 bits per heavy atom. The molecule has 0 spiro atoms. The van der Waals surface area contributed by atoms with Crippen LogP contribution in [-0.2, 0) is 6.42 Å². The van der Waals surface area contributed by atoms with Gasteiger partial charge in [-0.3, -0.25) is 0 Å². The van der Waals surface area contributed by atoms with Crippen molar-refractivity contribution in [3.8, 4) is 0 Å². The molecule has 0 saturated heterocycles. The summed E-state index contributed by atoms with van der Waals surface area (Å²) in [7, 11) is 0. The van der Waals surface area contributed by atoms with Crippen molar-refractivity contribution in [2.45, 2.75) is 25.8 Å². The molecule has 0 bridgehead atoms. The number of hydrogen-bond acceptors (Lipinski definition) is 3. The molecule has 1 unspecified atom stereocenters. The lowest BCUT2D eigenvalue weighted by Crippen LogP contribution is -2.25. The molecule has 1 aromatic heterocycles. The van der Waals surface area contributed by atoms with Gasteiger partial charge in [-0.05, 0) is 35.0 Å². The van der Waals surface area contributed by atoms with Gasteiger partial charge in [-0.1, -0.05) is 19.1 Å². The summed E-state index contributed by atoms with van der Waals surface area (Å²) in [6.45, 7) is 2.96. The van der Waals surface area contributed by atoms with Crippen LogP contribution in [-0.4, -0.2) is 11.5 Å². The lowest BCUT2D eigenvalue weighted by atomic mass is 10.0. The quantitative estimate of drug-likeness (QED) is 0.845. The van der Waals surface area contributed by atoms with E-state index in [2.05, 4.69) is 33.2 Å². The minimum absolute atomic E-state index is 0.0383. The molecule has 0 saturated carbocycles. The maximum Gasteiger partial charge on any atom is 0.142 e. The van der Waals surface area contributed by atoms with Crippen LogP contribution >= 0.6 is 27.3 Å². The highest BCUT2D eigenvalue weighted by atomic mass is 79.9. The van der Waals surface area contributed by atoms with Crippen molar-refractivity contribution in [2.75, 3.05) is 6.54 Å². The summed E-state index contributed by atoms with van der Waals surface area (Å²) in [6.07, 6.45) is 3.52. The molecule has 0 fully saturated rings. The number of benzene rings is 1. The van der Waals surface area contributed by atoms with E-state index in [1.807, 2.05) is 17.5 Å². The first-order valence-corrected chi connectivity index (χ1v) is 7.95. The zero-order valence-corrected chi connectivity index (χ0v) is 13.1. The standard InChI is InChI=1S/C14H16BrFN2S/c1-2-6-17-12(9-13-18-7-8-19-13)10-4-3-5-11(15)14(10)16/h3-5,7-8,12,17H,2,6,9H2,1H3. The smallest absolute Gasteiger partial charge is 0.142 e. The molecule has 2 nitrogen and oxygen atoms in total. The number of rotatable bonds is 6. The van der Waals surface area contributed by atoms with Gasteiger partial charge >= 0.3 is 0 Å². The molecule has 0 aliphatic heterocycles. The number of hydrogen-bond donors (Lipinski definition) is 1. The predicted octanol–water partition coefficient (Wildman–Crippen LogP) is 4.33. The maximum absolute atomic E-state index is 14.2. The van der Waals surface area contributed by atoms with Crippen LogP contribution in [0, 0.1) is 5.82 Å². The Balaban J connectivity index is 2.23. The highest BCUT2D eigenvalue weighted by Gasteiger charge is 2.18. The Hall–Kier alpha value is -0.780. The van der Waals surface area contributed by atoms with Gasteiger partial charge in [-0.2, -0.15) is 0 Å². The maximum atomic E-state index is 14.2. The van der Waals surface area contributed by atoms with Gasteiger partial charge in [0.15, 0.2) is 0 Å². The van der Waals surface area contributed by atoms with Crippen LogP contribution < -0.4 is 5.32 Å². The zero-order valence-electron chi connectivity index (χ0n) is 10.7. The molecule has 0 radical (unpaired) electrons. The highest BCUT2D eigenvalue weighted by molar-refractivity contribution is 9.10. The second-order valence-corrected chi connectivity index (χ2v) is 6.11. The Morgan fingerprint density at radius 3 is 3.00 bits per heavy atom. The molecule has 5 heteroatoms. The molecule has 1 atom stereocenters. The van der Waals surface area contributed by atoms with E-state index in [4.69, 9.17) is 0 Å². The van der Waals surface area contributed by atoms with Gasteiger partial charge < -0.3 is 5.32 Å². The molecule has 19 heavy (non-hydrogen) atoms. The summed E-state index contributed by atoms with van der Waals surface area (Å²) in [5, 5.41) is 6.37. The van der Waals surface area contributed by atoms with E-state index in [9.17, 15) is 4.39 Å². The molecule has 1 heterocycles. The normalized spacial score (nSPS) is 12.6. The van der Waals surface area contributed by atoms with Crippen LogP contribution in [0.1, 0.15) is 30.0 Å². The van der Waals surface area contributed by atoms with Gasteiger partial charge in [-0.15, -0.1) is 11.3 Å². The fourth-order valence-corrected chi connectivity index (χ4v) is 2.97. The molecule has 0 aliphatic rings. The van der Waals surface area contributed by atoms with Crippen LogP contribution in [0.25, 0.3) is 0 Å². The summed E-state index contributed by atoms with van der Waals surface area (Å²) in [5.41, 5.74) is 0.693. The van der Waals surface area contributed by atoms with Crippen molar-refractivity contribution in [1.82, 2.24) is 10.3 Å². The largest absolute Gasteiger partial charge is 0.309 e. The van der Waals surface area contributed by atoms with E-state index < -0.39 is 0 Å². The summed E-state index contributed by atoms with van der Waals surface area (Å²) < 4.78 is 14.7. The second-order valence-electron chi connectivity index (χ2n) is 4.28. The minimum Gasteiger partial charge on any atom is -0.309 e. The molecule has 1 N–H and O–H groups in total. The van der Waals surface area contributed by atoms with E-state index in [1.165, 1.54) is 0 Å². The molecule has 0 aliphatic carbocycles. The third-order valence-corrected chi connectivity index (χ3v) is 4.27. The third-order valence-electron chi connectivity index (χ3n) is 2.86. The van der Waals surface area contributed by atoms with Crippen molar-refractivity contribution in [1.29, 1.82) is 0 Å². The summed E-state index contributed by atoms with van der Waals surface area (Å²) in [4.78, 5) is 4.29. The molecule has 1 aromatic carbocycles. The van der Waals surface area contributed by atoms with Crippen LogP contribution in [0.3, 0.4) is 0 Å².